The van der Waals surface area contributed by atoms with Crippen molar-refractivity contribution in [3.05, 3.63) is 84.3 Å². The molecule has 5 aromatic rings. The molecule has 7 nitrogen and oxygen atoms in total. The number of pyridine rings is 1. The highest BCUT2D eigenvalue weighted by Gasteiger charge is 2.22. The molecule has 0 aliphatic heterocycles. The monoisotopic (exact) mass is 437 g/mol. The molecular weight excluding hydrogens is 414 g/mol. The fourth-order valence-electron chi connectivity index (χ4n) is 3.83. The summed E-state index contributed by atoms with van der Waals surface area (Å²) in [6.45, 7) is 5.86. The molecule has 0 spiro atoms. The lowest BCUT2D eigenvalue weighted by molar-refractivity contribution is 0.102. The molecule has 5 rings (SSSR count). The minimum Gasteiger partial charge on any atom is -0.359 e. The van der Waals surface area contributed by atoms with Gasteiger partial charge in [-0.1, -0.05) is 65.8 Å². The number of anilines is 1. The van der Waals surface area contributed by atoms with Crippen molar-refractivity contribution in [2.45, 2.75) is 26.8 Å². The van der Waals surface area contributed by atoms with E-state index in [1.165, 1.54) is 0 Å². The van der Waals surface area contributed by atoms with Crippen molar-refractivity contribution in [1.29, 1.82) is 0 Å². The largest absolute Gasteiger partial charge is 0.359 e. The van der Waals surface area contributed by atoms with Crippen LogP contribution in [0.25, 0.3) is 33.5 Å². The number of aryl methyl sites for hydroxylation is 1. The smallest absolute Gasteiger partial charge is 0.256 e. The SMILES string of the molecule is Cc1onc(-c2ccccc2)c1NC(=O)c1cc(-c2ccccc2)nc2c1cnn2C(C)C. The Morgan fingerprint density at radius 2 is 1.67 bits per heavy atom. The molecule has 0 aliphatic rings. The van der Waals surface area contributed by atoms with Gasteiger partial charge in [0.25, 0.3) is 5.91 Å². The molecule has 164 valence electrons. The number of hydrogen-bond donors (Lipinski definition) is 1. The van der Waals surface area contributed by atoms with Crippen LogP contribution in [-0.4, -0.2) is 25.8 Å². The molecule has 0 bridgehead atoms. The van der Waals surface area contributed by atoms with Crippen LogP contribution >= 0.6 is 0 Å². The highest BCUT2D eigenvalue weighted by molar-refractivity contribution is 6.13. The molecule has 2 aromatic carbocycles. The van der Waals surface area contributed by atoms with Gasteiger partial charge in [0.2, 0.25) is 0 Å². The molecule has 1 N–H and O–H groups in total. The Hall–Kier alpha value is -4.26. The Morgan fingerprint density at radius 3 is 2.33 bits per heavy atom. The number of rotatable bonds is 5. The zero-order valence-corrected chi connectivity index (χ0v) is 18.6. The van der Waals surface area contributed by atoms with Crippen LogP contribution in [0.15, 0.2) is 77.4 Å². The summed E-state index contributed by atoms with van der Waals surface area (Å²) in [7, 11) is 0. The van der Waals surface area contributed by atoms with Crippen LogP contribution in [0.4, 0.5) is 5.69 Å². The predicted molar refractivity (Wildman–Crippen MR) is 128 cm³/mol. The Labute approximate surface area is 191 Å². The average molecular weight is 438 g/mol. The van der Waals surface area contributed by atoms with Crippen molar-refractivity contribution >= 4 is 22.6 Å². The van der Waals surface area contributed by atoms with Gasteiger partial charge in [-0.2, -0.15) is 5.10 Å². The van der Waals surface area contributed by atoms with Crippen LogP contribution in [0.2, 0.25) is 0 Å². The summed E-state index contributed by atoms with van der Waals surface area (Å²) in [5.41, 5.74) is 4.80. The molecule has 0 fully saturated rings. The van der Waals surface area contributed by atoms with Crippen molar-refractivity contribution in [3.63, 3.8) is 0 Å². The standard InChI is InChI=1S/C26H23N5O2/c1-16(2)31-25-21(15-27-31)20(14-22(28-25)18-10-6-4-7-11-18)26(32)29-23-17(3)33-30-24(23)19-12-8-5-9-13-19/h4-16H,1-3H3,(H,29,32). The first-order valence-corrected chi connectivity index (χ1v) is 10.8. The van der Waals surface area contributed by atoms with E-state index in [1.54, 1.807) is 13.1 Å². The lowest BCUT2D eigenvalue weighted by atomic mass is 10.1. The van der Waals surface area contributed by atoms with Crippen LogP contribution in [-0.2, 0) is 0 Å². The van der Waals surface area contributed by atoms with E-state index in [0.717, 1.165) is 11.1 Å². The Morgan fingerprint density at radius 1 is 1.00 bits per heavy atom. The summed E-state index contributed by atoms with van der Waals surface area (Å²) in [5.74, 6) is 0.264. The van der Waals surface area contributed by atoms with Gasteiger partial charge in [0.05, 0.1) is 22.8 Å². The van der Waals surface area contributed by atoms with E-state index >= 15 is 0 Å². The maximum Gasteiger partial charge on any atom is 0.256 e. The number of fused-ring (bicyclic) bond motifs is 1. The summed E-state index contributed by atoms with van der Waals surface area (Å²) >= 11 is 0. The molecule has 0 saturated carbocycles. The van der Waals surface area contributed by atoms with E-state index < -0.39 is 0 Å². The van der Waals surface area contributed by atoms with Gasteiger partial charge in [0, 0.05) is 17.2 Å². The first kappa shape index (κ1) is 20.6. The third-order valence-electron chi connectivity index (χ3n) is 5.52. The molecule has 0 aliphatic carbocycles. The van der Waals surface area contributed by atoms with Crippen molar-refractivity contribution in [3.8, 4) is 22.5 Å². The van der Waals surface area contributed by atoms with Gasteiger partial charge in [-0.25, -0.2) is 9.67 Å². The van der Waals surface area contributed by atoms with Gasteiger partial charge >= 0.3 is 0 Å². The Balaban J connectivity index is 1.62. The number of nitrogens with one attached hydrogen (secondary N) is 1. The van der Waals surface area contributed by atoms with Crippen LogP contribution in [0.5, 0.6) is 0 Å². The minimum absolute atomic E-state index is 0.0990. The minimum atomic E-state index is -0.272. The van der Waals surface area contributed by atoms with Gasteiger partial charge in [-0.3, -0.25) is 4.79 Å². The van der Waals surface area contributed by atoms with Crippen molar-refractivity contribution in [2.75, 3.05) is 5.32 Å². The van der Waals surface area contributed by atoms with Crippen molar-refractivity contribution in [2.24, 2.45) is 0 Å². The predicted octanol–water partition coefficient (Wildman–Crippen LogP) is 5.89. The Bertz CT molecular complexity index is 1440. The fraction of sp³-hybridized carbons (Fsp3) is 0.154. The van der Waals surface area contributed by atoms with Gasteiger partial charge in [-0.05, 0) is 26.8 Å². The van der Waals surface area contributed by atoms with E-state index in [-0.39, 0.29) is 11.9 Å². The van der Waals surface area contributed by atoms with Gasteiger partial charge < -0.3 is 9.84 Å². The second kappa shape index (κ2) is 8.35. The van der Waals surface area contributed by atoms with Crippen LogP contribution in [0.1, 0.15) is 36.0 Å². The van der Waals surface area contributed by atoms with Crippen LogP contribution in [0.3, 0.4) is 0 Å². The molecule has 0 unspecified atom stereocenters. The van der Waals surface area contributed by atoms with Crippen LogP contribution < -0.4 is 5.32 Å². The Kier molecular flexibility index (Phi) is 5.22. The normalized spacial score (nSPS) is 11.3. The van der Waals surface area contributed by atoms with Gasteiger partial charge in [0.15, 0.2) is 11.4 Å². The quantitative estimate of drug-likeness (QED) is 0.370. The summed E-state index contributed by atoms with van der Waals surface area (Å²) in [5, 5.41) is 12.4. The van der Waals surface area contributed by atoms with E-state index in [9.17, 15) is 4.79 Å². The summed E-state index contributed by atoms with van der Waals surface area (Å²) in [6.07, 6.45) is 1.70. The lowest BCUT2D eigenvalue weighted by Gasteiger charge is -2.11. The zero-order chi connectivity index (χ0) is 22.9. The topological polar surface area (TPSA) is 85.8 Å². The maximum absolute atomic E-state index is 13.6. The summed E-state index contributed by atoms with van der Waals surface area (Å²) < 4.78 is 7.24. The van der Waals surface area contributed by atoms with Crippen LogP contribution in [0, 0.1) is 6.92 Å². The van der Waals surface area contributed by atoms with E-state index in [1.807, 2.05) is 85.3 Å². The number of carbonyl (C=O) groups excluding carboxylic acids is 1. The third kappa shape index (κ3) is 3.78. The number of benzene rings is 2. The third-order valence-corrected chi connectivity index (χ3v) is 5.52. The molecular formula is C26H23N5O2. The molecule has 1 amide bonds. The summed E-state index contributed by atoms with van der Waals surface area (Å²) in [4.78, 5) is 18.4. The number of hydrogen-bond acceptors (Lipinski definition) is 5. The second-order valence-corrected chi connectivity index (χ2v) is 8.12. The van der Waals surface area contributed by atoms with E-state index in [2.05, 4.69) is 15.6 Å². The highest BCUT2D eigenvalue weighted by Crippen LogP contribution is 2.32. The number of amides is 1. The second-order valence-electron chi connectivity index (χ2n) is 8.12. The van der Waals surface area contributed by atoms with Gasteiger partial charge in [0.1, 0.15) is 11.4 Å². The summed E-state index contributed by atoms with van der Waals surface area (Å²) in [6, 6.07) is 21.3. The first-order valence-electron chi connectivity index (χ1n) is 10.8. The molecule has 3 aromatic heterocycles. The molecule has 3 heterocycles. The van der Waals surface area contributed by atoms with E-state index in [4.69, 9.17) is 9.51 Å². The number of carbonyl (C=O) groups is 1. The zero-order valence-electron chi connectivity index (χ0n) is 18.6. The van der Waals surface area contributed by atoms with Crippen molar-refractivity contribution < 1.29 is 9.32 Å². The lowest BCUT2D eigenvalue weighted by Crippen LogP contribution is -2.14. The molecule has 33 heavy (non-hydrogen) atoms. The molecule has 7 heteroatoms. The van der Waals surface area contributed by atoms with E-state index in [0.29, 0.717) is 39.4 Å². The van der Waals surface area contributed by atoms with Gasteiger partial charge in [-0.15, -0.1) is 0 Å². The number of nitrogens with zero attached hydrogens (tertiary/aromatic N) is 4. The fourth-order valence-corrected chi connectivity index (χ4v) is 3.83. The first-order chi connectivity index (χ1) is 16.0. The molecule has 0 radical (unpaired) electrons. The number of aromatic nitrogens is 4. The molecule has 0 atom stereocenters. The highest BCUT2D eigenvalue weighted by atomic mass is 16.5. The maximum atomic E-state index is 13.6. The molecule has 0 saturated heterocycles. The average Bonchev–Trinajstić information content (AvgIpc) is 3.43. The van der Waals surface area contributed by atoms with Crippen molar-refractivity contribution in [1.82, 2.24) is 19.9 Å².